The maximum Gasteiger partial charge on any atom is 0.201 e. The van der Waals surface area contributed by atoms with Crippen LogP contribution in [0, 0.1) is 34.0 Å². The topological polar surface area (TPSA) is 74.6 Å². The largest absolute Gasteiger partial charge is 0.387 e. The SMILES string of the molecule is CC[C@@]1(C)CC[C@H]2[C@@H]3C[C@@](C)(O)[C@@]4(O)CC(=O)C(=O)C[C@]4(C)[C@H]3CC[C@@]21C. The third-order valence-corrected chi connectivity index (χ3v) is 10.5. The first-order valence-corrected chi connectivity index (χ1v) is 10.9. The smallest absolute Gasteiger partial charge is 0.201 e. The van der Waals surface area contributed by atoms with E-state index in [-0.39, 0.29) is 30.0 Å². The Morgan fingerprint density at radius 1 is 0.889 bits per heavy atom. The highest BCUT2D eigenvalue weighted by Crippen LogP contribution is 2.72. The minimum Gasteiger partial charge on any atom is -0.387 e. The number of rotatable bonds is 1. The molecular formula is C23H36O4. The van der Waals surface area contributed by atoms with Gasteiger partial charge in [-0.3, -0.25) is 9.59 Å². The summed E-state index contributed by atoms with van der Waals surface area (Å²) in [5, 5.41) is 23.1. The van der Waals surface area contributed by atoms with E-state index in [0.717, 1.165) is 12.8 Å². The summed E-state index contributed by atoms with van der Waals surface area (Å²) in [7, 11) is 0. The predicted octanol–water partition coefficient (Wildman–Crippen LogP) is 3.67. The number of hydrogen-bond acceptors (Lipinski definition) is 4. The highest BCUT2D eigenvalue weighted by Gasteiger charge is 2.72. The molecule has 4 saturated carbocycles. The second-order valence-corrected chi connectivity index (χ2v) is 11.2. The summed E-state index contributed by atoms with van der Waals surface area (Å²) >= 11 is 0. The van der Waals surface area contributed by atoms with Crippen molar-refractivity contribution in [2.45, 2.75) is 97.2 Å². The van der Waals surface area contributed by atoms with Gasteiger partial charge in [-0.15, -0.1) is 0 Å². The molecule has 0 aliphatic heterocycles. The highest BCUT2D eigenvalue weighted by molar-refractivity contribution is 6.38. The van der Waals surface area contributed by atoms with Gasteiger partial charge in [-0.2, -0.15) is 0 Å². The molecule has 152 valence electrons. The fourth-order valence-electron chi connectivity index (χ4n) is 8.29. The molecule has 4 fully saturated rings. The minimum atomic E-state index is -1.51. The Labute approximate surface area is 163 Å². The third-order valence-electron chi connectivity index (χ3n) is 10.5. The molecule has 4 aliphatic carbocycles. The fraction of sp³-hybridized carbons (Fsp3) is 0.913. The van der Waals surface area contributed by atoms with E-state index in [1.54, 1.807) is 6.92 Å². The van der Waals surface area contributed by atoms with Gasteiger partial charge in [0, 0.05) is 18.3 Å². The van der Waals surface area contributed by atoms with E-state index in [0.29, 0.717) is 23.7 Å². The van der Waals surface area contributed by atoms with E-state index in [2.05, 4.69) is 20.8 Å². The van der Waals surface area contributed by atoms with Crippen LogP contribution in [-0.2, 0) is 9.59 Å². The molecule has 0 unspecified atom stereocenters. The van der Waals surface area contributed by atoms with Crippen LogP contribution < -0.4 is 0 Å². The summed E-state index contributed by atoms with van der Waals surface area (Å²) < 4.78 is 0. The number of fused-ring (bicyclic) bond motifs is 5. The Morgan fingerprint density at radius 3 is 2.07 bits per heavy atom. The van der Waals surface area contributed by atoms with Crippen LogP contribution in [0.15, 0.2) is 0 Å². The quantitative estimate of drug-likeness (QED) is 0.685. The van der Waals surface area contributed by atoms with Crippen molar-refractivity contribution in [3.05, 3.63) is 0 Å². The Morgan fingerprint density at radius 2 is 1.44 bits per heavy atom. The normalized spacial score (nSPS) is 57.8. The lowest BCUT2D eigenvalue weighted by Gasteiger charge is -2.67. The molecule has 0 bridgehead atoms. The number of carbonyl (C=O) groups excluding carboxylic acids is 2. The van der Waals surface area contributed by atoms with Crippen LogP contribution in [0.4, 0.5) is 0 Å². The molecule has 27 heavy (non-hydrogen) atoms. The van der Waals surface area contributed by atoms with Gasteiger partial charge >= 0.3 is 0 Å². The molecule has 8 atom stereocenters. The summed E-state index contributed by atoms with van der Waals surface area (Å²) in [6.07, 6.45) is 6.02. The van der Waals surface area contributed by atoms with Crippen molar-refractivity contribution in [3.63, 3.8) is 0 Å². The molecule has 0 aromatic heterocycles. The molecule has 4 aliphatic rings. The summed E-state index contributed by atoms with van der Waals surface area (Å²) in [6.45, 7) is 10.8. The van der Waals surface area contributed by atoms with Gasteiger partial charge < -0.3 is 10.2 Å². The summed E-state index contributed by atoms with van der Waals surface area (Å²) in [4.78, 5) is 24.6. The average molecular weight is 377 g/mol. The summed E-state index contributed by atoms with van der Waals surface area (Å²) in [5.41, 5.74) is -3.01. The van der Waals surface area contributed by atoms with Gasteiger partial charge in [0.25, 0.3) is 0 Å². The first-order valence-electron chi connectivity index (χ1n) is 10.9. The lowest BCUT2D eigenvalue weighted by molar-refractivity contribution is -0.283. The van der Waals surface area contributed by atoms with Crippen molar-refractivity contribution in [2.75, 3.05) is 0 Å². The summed E-state index contributed by atoms with van der Waals surface area (Å²) in [6, 6.07) is 0. The van der Waals surface area contributed by atoms with Gasteiger partial charge in [0.05, 0.1) is 5.60 Å². The van der Waals surface area contributed by atoms with Crippen molar-refractivity contribution < 1.29 is 19.8 Å². The van der Waals surface area contributed by atoms with E-state index in [1.165, 1.54) is 19.3 Å². The molecule has 0 spiro atoms. The third kappa shape index (κ3) is 2.12. The van der Waals surface area contributed by atoms with Gasteiger partial charge in [0.15, 0.2) is 5.78 Å². The van der Waals surface area contributed by atoms with E-state index in [4.69, 9.17) is 0 Å². The second kappa shape index (κ2) is 5.44. The van der Waals surface area contributed by atoms with E-state index >= 15 is 0 Å². The Kier molecular flexibility index (Phi) is 3.95. The first-order chi connectivity index (χ1) is 12.4. The molecule has 0 aromatic carbocycles. The minimum absolute atomic E-state index is 0.0775. The van der Waals surface area contributed by atoms with Crippen molar-refractivity contribution in [1.82, 2.24) is 0 Å². The first kappa shape index (κ1) is 19.6. The molecule has 4 nitrogen and oxygen atoms in total. The van der Waals surface area contributed by atoms with E-state index in [1.807, 2.05) is 6.92 Å². The molecule has 2 N–H and O–H groups in total. The number of aliphatic hydroxyl groups is 2. The number of hydrogen-bond donors (Lipinski definition) is 2. The van der Waals surface area contributed by atoms with Crippen molar-refractivity contribution in [1.29, 1.82) is 0 Å². The Hall–Kier alpha value is -0.740. The van der Waals surface area contributed by atoms with Crippen LogP contribution in [-0.4, -0.2) is 33.0 Å². The van der Waals surface area contributed by atoms with Crippen LogP contribution >= 0.6 is 0 Å². The fourth-order valence-corrected chi connectivity index (χ4v) is 8.29. The molecule has 4 rings (SSSR count). The van der Waals surface area contributed by atoms with Crippen LogP contribution in [0.2, 0.25) is 0 Å². The van der Waals surface area contributed by atoms with Crippen LogP contribution in [0.3, 0.4) is 0 Å². The number of carbonyl (C=O) groups is 2. The van der Waals surface area contributed by atoms with Gasteiger partial charge in [-0.05, 0) is 67.6 Å². The van der Waals surface area contributed by atoms with Gasteiger partial charge in [0.1, 0.15) is 5.60 Å². The molecule has 0 amide bonds. The van der Waals surface area contributed by atoms with Crippen LogP contribution in [0.25, 0.3) is 0 Å². The zero-order valence-electron chi connectivity index (χ0n) is 17.6. The average Bonchev–Trinajstić information content (AvgIpc) is 2.84. The Balaban J connectivity index is 1.79. The van der Waals surface area contributed by atoms with Gasteiger partial charge in [-0.25, -0.2) is 0 Å². The number of ketones is 2. The monoisotopic (exact) mass is 376 g/mol. The molecule has 0 heterocycles. The maximum absolute atomic E-state index is 12.4. The van der Waals surface area contributed by atoms with Crippen molar-refractivity contribution in [3.8, 4) is 0 Å². The van der Waals surface area contributed by atoms with Gasteiger partial charge in [0.2, 0.25) is 5.78 Å². The predicted molar refractivity (Wildman–Crippen MR) is 103 cm³/mol. The van der Waals surface area contributed by atoms with Crippen molar-refractivity contribution >= 4 is 11.6 Å². The highest BCUT2D eigenvalue weighted by atomic mass is 16.4. The standard InChI is InChI=1S/C23H36O4/c1-6-19(2)9-7-15-14-11-22(5,26)23(27)13-18(25)17(24)12-21(23,4)16(14)8-10-20(15,19)3/h14-16,26-27H,6-13H2,1-5H3/t14-,15-,16-,19-,20-,21+,22+,23+/m0/s1. The number of Topliss-reactive ketones (excluding diaryl/α,β-unsaturated/α-hetero) is 2. The lowest BCUT2D eigenvalue weighted by Crippen LogP contribution is -2.74. The maximum atomic E-state index is 12.4. The zero-order valence-corrected chi connectivity index (χ0v) is 17.6. The van der Waals surface area contributed by atoms with Crippen LogP contribution in [0.1, 0.15) is 86.0 Å². The molecule has 0 aromatic rings. The molecule has 4 heteroatoms. The van der Waals surface area contributed by atoms with Gasteiger partial charge in [-0.1, -0.05) is 34.1 Å². The van der Waals surface area contributed by atoms with E-state index in [9.17, 15) is 19.8 Å². The second-order valence-electron chi connectivity index (χ2n) is 11.2. The van der Waals surface area contributed by atoms with Crippen molar-refractivity contribution in [2.24, 2.45) is 34.0 Å². The zero-order chi connectivity index (χ0) is 20.0. The van der Waals surface area contributed by atoms with Crippen LogP contribution in [0.5, 0.6) is 0 Å². The summed E-state index contributed by atoms with van der Waals surface area (Å²) in [5.74, 6) is 0.128. The van der Waals surface area contributed by atoms with E-state index < -0.39 is 22.4 Å². The molecular weight excluding hydrogens is 340 g/mol. The Bertz CT molecular complexity index is 698. The molecule has 0 saturated heterocycles. The molecule has 0 radical (unpaired) electrons. The lowest BCUT2D eigenvalue weighted by atomic mass is 9.39.